The number of hydrogen-bond acceptors (Lipinski definition) is 2. The van der Waals surface area contributed by atoms with E-state index in [-0.39, 0.29) is 12.2 Å². The molecule has 1 aliphatic rings. The Kier molecular flexibility index (Phi) is 3.56. The highest BCUT2D eigenvalue weighted by Crippen LogP contribution is 2.42. The number of hydrogen-bond donors (Lipinski definition) is 1. The van der Waals surface area contributed by atoms with Gasteiger partial charge < -0.3 is 0 Å². The van der Waals surface area contributed by atoms with Crippen LogP contribution in [0.15, 0.2) is 22.6 Å². The lowest BCUT2D eigenvalue weighted by Crippen LogP contribution is -2.28. The highest BCUT2D eigenvalue weighted by molar-refractivity contribution is 7.90. The Morgan fingerprint density at radius 2 is 1.67 bits per heavy atom. The van der Waals surface area contributed by atoms with Gasteiger partial charge in [0.25, 0.3) is 10.1 Å². The molecule has 0 aromatic carbocycles. The fourth-order valence-electron chi connectivity index (χ4n) is 1.34. The molecule has 1 unspecified atom stereocenters. The monoisotopic (exact) mass is 296 g/mol. The van der Waals surface area contributed by atoms with Gasteiger partial charge in [0.05, 0.1) is 10.8 Å². The summed E-state index contributed by atoms with van der Waals surface area (Å²) in [6, 6.07) is 0. The van der Waals surface area contributed by atoms with Crippen LogP contribution in [0.2, 0.25) is 0 Å². The van der Waals surface area contributed by atoms with Crippen molar-refractivity contribution in [3.8, 4) is 0 Å². The van der Waals surface area contributed by atoms with Crippen molar-refractivity contribution < 1.29 is 39.3 Å². The molecule has 104 valence electrons. The van der Waals surface area contributed by atoms with Gasteiger partial charge in [0.15, 0.2) is 0 Å². The Labute approximate surface area is 97.5 Å². The first-order valence-electron chi connectivity index (χ1n) is 4.35. The van der Waals surface area contributed by atoms with Gasteiger partial charge in [0, 0.05) is 5.57 Å². The lowest BCUT2D eigenvalue weighted by atomic mass is 9.93. The van der Waals surface area contributed by atoms with E-state index in [1.54, 1.807) is 0 Å². The Hall–Kier alpha value is -1.03. The van der Waals surface area contributed by atoms with E-state index in [0.29, 0.717) is 0 Å². The molecule has 0 fully saturated rings. The van der Waals surface area contributed by atoms with Crippen molar-refractivity contribution in [2.24, 2.45) is 5.92 Å². The Morgan fingerprint density at radius 1 is 1.17 bits per heavy atom. The molecular formula is C8H6F6O3S. The molecule has 0 aromatic heterocycles. The van der Waals surface area contributed by atoms with E-state index in [4.69, 9.17) is 4.55 Å². The van der Waals surface area contributed by atoms with Crippen LogP contribution in [0.4, 0.5) is 26.3 Å². The van der Waals surface area contributed by atoms with Gasteiger partial charge in [-0.3, -0.25) is 4.55 Å². The van der Waals surface area contributed by atoms with Crippen molar-refractivity contribution in [1.82, 2.24) is 0 Å². The van der Waals surface area contributed by atoms with E-state index in [0.717, 1.165) is 0 Å². The first-order valence-corrected chi connectivity index (χ1v) is 5.79. The molecule has 1 rings (SSSR count). The SMILES string of the molecule is O=S(=O)(O)C1=CC(C(F)(F)F)CC(C(F)(F)F)=C1. The molecule has 1 aliphatic carbocycles. The maximum absolute atomic E-state index is 12.3. The summed E-state index contributed by atoms with van der Waals surface area (Å²) in [4.78, 5) is -1.40. The first-order chi connectivity index (χ1) is 7.82. The average molecular weight is 296 g/mol. The Balaban J connectivity index is 3.30. The molecule has 0 aromatic rings. The van der Waals surface area contributed by atoms with Gasteiger partial charge in [-0.1, -0.05) is 6.08 Å². The fourth-order valence-corrected chi connectivity index (χ4v) is 1.97. The van der Waals surface area contributed by atoms with Crippen LogP contribution < -0.4 is 0 Å². The van der Waals surface area contributed by atoms with Gasteiger partial charge in [-0.15, -0.1) is 0 Å². The lowest BCUT2D eigenvalue weighted by Gasteiger charge is -2.24. The van der Waals surface area contributed by atoms with Crippen LogP contribution in [0.3, 0.4) is 0 Å². The summed E-state index contributed by atoms with van der Waals surface area (Å²) in [6.07, 6.45) is -11.5. The van der Waals surface area contributed by atoms with E-state index in [1.165, 1.54) is 0 Å². The third-order valence-corrected chi connectivity index (χ3v) is 3.05. The summed E-state index contributed by atoms with van der Waals surface area (Å²) in [5, 5.41) is 0. The minimum Gasteiger partial charge on any atom is -0.282 e. The summed E-state index contributed by atoms with van der Waals surface area (Å²) in [5.74, 6) is -2.60. The lowest BCUT2D eigenvalue weighted by molar-refractivity contribution is -0.165. The molecule has 0 saturated heterocycles. The quantitative estimate of drug-likeness (QED) is 0.598. The van der Waals surface area contributed by atoms with Gasteiger partial charge >= 0.3 is 12.4 Å². The topological polar surface area (TPSA) is 54.4 Å². The van der Waals surface area contributed by atoms with Gasteiger partial charge in [0.1, 0.15) is 0 Å². The van der Waals surface area contributed by atoms with Crippen molar-refractivity contribution in [1.29, 1.82) is 0 Å². The van der Waals surface area contributed by atoms with E-state index in [1.807, 2.05) is 0 Å². The maximum atomic E-state index is 12.3. The minimum atomic E-state index is -5.13. The zero-order chi connectivity index (χ0) is 14.4. The van der Waals surface area contributed by atoms with Gasteiger partial charge in [-0.2, -0.15) is 34.8 Å². The van der Waals surface area contributed by atoms with E-state index in [9.17, 15) is 34.8 Å². The van der Waals surface area contributed by atoms with Gasteiger partial charge in [0.2, 0.25) is 0 Å². The summed E-state index contributed by atoms with van der Waals surface area (Å²) in [5.41, 5.74) is -1.65. The number of allylic oxidation sites excluding steroid dienone is 3. The highest BCUT2D eigenvalue weighted by Gasteiger charge is 2.46. The normalized spacial score (nSPS) is 22.5. The largest absolute Gasteiger partial charge is 0.412 e. The fraction of sp³-hybridized carbons (Fsp3) is 0.500. The first kappa shape index (κ1) is 15.0. The van der Waals surface area contributed by atoms with E-state index in [2.05, 4.69) is 0 Å². The summed E-state index contributed by atoms with van der Waals surface area (Å²) in [7, 11) is -5.13. The van der Waals surface area contributed by atoms with Crippen LogP contribution in [0.5, 0.6) is 0 Å². The molecule has 0 bridgehead atoms. The van der Waals surface area contributed by atoms with Crippen molar-refractivity contribution in [3.63, 3.8) is 0 Å². The smallest absolute Gasteiger partial charge is 0.282 e. The number of halogens is 6. The highest BCUT2D eigenvalue weighted by atomic mass is 32.2. The van der Waals surface area contributed by atoms with Crippen LogP contribution in [0, 0.1) is 5.92 Å². The summed E-state index contributed by atoms with van der Waals surface area (Å²) < 4.78 is 104. The standard InChI is InChI=1S/C8H6F6O3S/c9-7(10,11)4-1-5(8(12,13)14)3-6(2-4)18(15,16)17/h2-4H,1H2,(H,15,16,17). The van der Waals surface area contributed by atoms with Gasteiger partial charge in [-0.05, 0) is 12.5 Å². The van der Waals surface area contributed by atoms with Crippen LogP contribution in [0.1, 0.15) is 6.42 Å². The molecule has 18 heavy (non-hydrogen) atoms. The molecule has 0 spiro atoms. The molecule has 1 atom stereocenters. The second-order valence-electron chi connectivity index (χ2n) is 3.56. The number of alkyl halides is 6. The zero-order valence-electron chi connectivity index (χ0n) is 8.38. The summed E-state index contributed by atoms with van der Waals surface area (Å²) in [6.45, 7) is 0. The predicted molar refractivity (Wildman–Crippen MR) is 47.9 cm³/mol. The minimum absolute atomic E-state index is 0.00241. The molecule has 0 saturated carbocycles. The van der Waals surface area contributed by atoms with Crippen LogP contribution >= 0.6 is 0 Å². The average Bonchev–Trinajstić information content (AvgIpc) is 2.13. The van der Waals surface area contributed by atoms with Crippen LogP contribution in [-0.4, -0.2) is 25.3 Å². The molecule has 0 heterocycles. The van der Waals surface area contributed by atoms with Crippen molar-refractivity contribution in [3.05, 3.63) is 22.6 Å². The second kappa shape index (κ2) is 4.26. The molecular weight excluding hydrogens is 290 g/mol. The molecule has 10 heteroatoms. The zero-order valence-corrected chi connectivity index (χ0v) is 9.20. The molecule has 3 nitrogen and oxygen atoms in total. The second-order valence-corrected chi connectivity index (χ2v) is 4.99. The molecule has 0 amide bonds. The molecule has 1 N–H and O–H groups in total. The summed E-state index contributed by atoms with van der Waals surface area (Å²) >= 11 is 0. The predicted octanol–water partition coefficient (Wildman–Crippen LogP) is 2.83. The van der Waals surface area contributed by atoms with E-state index < -0.39 is 45.3 Å². The van der Waals surface area contributed by atoms with Crippen molar-refractivity contribution in [2.75, 3.05) is 0 Å². The molecule has 0 aliphatic heterocycles. The van der Waals surface area contributed by atoms with E-state index >= 15 is 0 Å². The van der Waals surface area contributed by atoms with Crippen LogP contribution in [-0.2, 0) is 10.1 Å². The van der Waals surface area contributed by atoms with Gasteiger partial charge in [-0.25, -0.2) is 0 Å². The molecule has 0 radical (unpaired) electrons. The van der Waals surface area contributed by atoms with Crippen molar-refractivity contribution >= 4 is 10.1 Å². The Morgan fingerprint density at radius 3 is 2.00 bits per heavy atom. The van der Waals surface area contributed by atoms with Crippen LogP contribution in [0.25, 0.3) is 0 Å². The third kappa shape index (κ3) is 3.48. The number of rotatable bonds is 1. The van der Waals surface area contributed by atoms with Crippen molar-refractivity contribution in [2.45, 2.75) is 18.8 Å². The maximum Gasteiger partial charge on any atom is 0.412 e. The third-order valence-electron chi connectivity index (χ3n) is 2.20. The Bertz CT molecular complexity index is 496.